The van der Waals surface area contributed by atoms with Crippen LogP contribution < -0.4 is 10.0 Å². The Kier molecular flexibility index (Phi) is 5.00. The Bertz CT molecular complexity index is 762. The van der Waals surface area contributed by atoms with Crippen molar-refractivity contribution in [3.05, 3.63) is 46.2 Å². The normalized spacial score (nSPS) is 11.6. The first-order valence-electron chi connectivity index (χ1n) is 6.78. The van der Waals surface area contributed by atoms with Crippen molar-refractivity contribution in [2.75, 3.05) is 5.32 Å². The van der Waals surface area contributed by atoms with E-state index >= 15 is 0 Å². The van der Waals surface area contributed by atoms with Gasteiger partial charge in [0.25, 0.3) is 5.91 Å². The van der Waals surface area contributed by atoms with Crippen LogP contribution in [0.3, 0.4) is 0 Å². The topological polar surface area (TPSA) is 75.3 Å². The Morgan fingerprint density at radius 3 is 2.23 bits per heavy atom. The van der Waals surface area contributed by atoms with E-state index in [1.54, 1.807) is 32.0 Å². The molecule has 0 aliphatic heterocycles. The first kappa shape index (κ1) is 16.7. The number of carbonyl (C=O) groups excluding carboxylic acids is 1. The fourth-order valence-corrected chi connectivity index (χ4v) is 3.86. The Labute approximate surface area is 134 Å². The van der Waals surface area contributed by atoms with Gasteiger partial charge in [0, 0.05) is 16.6 Å². The van der Waals surface area contributed by atoms with Crippen LogP contribution in [0.25, 0.3) is 0 Å². The smallest absolute Gasteiger partial charge is 0.265 e. The van der Waals surface area contributed by atoms with Crippen molar-refractivity contribution >= 4 is 33.0 Å². The molecule has 1 amide bonds. The highest BCUT2D eigenvalue weighted by atomic mass is 32.2. The van der Waals surface area contributed by atoms with Crippen LogP contribution in [0.5, 0.6) is 0 Å². The van der Waals surface area contributed by atoms with Gasteiger partial charge in [0.2, 0.25) is 10.0 Å². The van der Waals surface area contributed by atoms with E-state index in [-0.39, 0.29) is 16.8 Å². The molecule has 0 fully saturated rings. The molecule has 0 radical (unpaired) electrons. The number of sulfonamides is 1. The lowest BCUT2D eigenvalue weighted by molar-refractivity contribution is 0.103. The van der Waals surface area contributed by atoms with Crippen LogP contribution in [0.15, 0.2) is 41.3 Å². The van der Waals surface area contributed by atoms with E-state index in [0.29, 0.717) is 10.6 Å². The van der Waals surface area contributed by atoms with Crippen molar-refractivity contribution < 1.29 is 13.2 Å². The van der Waals surface area contributed by atoms with Crippen molar-refractivity contribution in [3.8, 4) is 0 Å². The standard InChI is InChI=1S/C15H18N2O3S2/c1-10(2)17-22(19,20)13-7-5-12(6-8-13)16-15(18)14-9-4-11(3)21-14/h4-10,17H,1-3H3,(H,16,18). The maximum Gasteiger partial charge on any atom is 0.265 e. The summed E-state index contributed by atoms with van der Waals surface area (Å²) in [6.45, 7) is 5.45. The maximum absolute atomic E-state index is 12.0. The Morgan fingerprint density at radius 1 is 1.09 bits per heavy atom. The van der Waals surface area contributed by atoms with Gasteiger partial charge < -0.3 is 5.32 Å². The summed E-state index contributed by atoms with van der Waals surface area (Å²) in [6.07, 6.45) is 0. The number of thiophene rings is 1. The first-order valence-corrected chi connectivity index (χ1v) is 9.08. The number of carbonyl (C=O) groups is 1. The molecule has 0 bridgehead atoms. The van der Waals surface area contributed by atoms with Crippen LogP contribution in [-0.4, -0.2) is 20.4 Å². The molecule has 5 nitrogen and oxygen atoms in total. The number of anilines is 1. The molecule has 22 heavy (non-hydrogen) atoms. The van der Waals surface area contributed by atoms with Crippen LogP contribution in [0.1, 0.15) is 28.4 Å². The number of benzene rings is 1. The molecule has 0 unspecified atom stereocenters. The summed E-state index contributed by atoms with van der Waals surface area (Å²) in [5.41, 5.74) is 0.555. The molecule has 0 saturated heterocycles. The third-order valence-corrected chi connectivity index (χ3v) is 5.45. The largest absolute Gasteiger partial charge is 0.321 e. The van der Waals surface area contributed by atoms with E-state index in [2.05, 4.69) is 10.0 Å². The van der Waals surface area contributed by atoms with E-state index in [4.69, 9.17) is 0 Å². The van der Waals surface area contributed by atoms with Gasteiger partial charge in [0.05, 0.1) is 9.77 Å². The minimum Gasteiger partial charge on any atom is -0.321 e. The second-order valence-corrected chi connectivity index (χ2v) is 8.17. The Balaban J connectivity index is 2.11. The highest BCUT2D eigenvalue weighted by molar-refractivity contribution is 7.89. The van der Waals surface area contributed by atoms with Crippen LogP contribution in [0, 0.1) is 6.92 Å². The number of nitrogens with one attached hydrogen (secondary N) is 2. The van der Waals surface area contributed by atoms with Gasteiger partial charge in [-0.05, 0) is 57.2 Å². The fourth-order valence-electron chi connectivity index (χ4n) is 1.85. The van der Waals surface area contributed by atoms with Crippen molar-refractivity contribution in [1.82, 2.24) is 4.72 Å². The molecule has 1 aromatic carbocycles. The highest BCUT2D eigenvalue weighted by Crippen LogP contribution is 2.18. The monoisotopic (exact) mass is 338 g/mol. The average molecular weight is 338 g/mol. The molecule has 0 atom stereocenters. The van der Waals surface area contributed by atoms with Gasteiger partial charge in [-0.2, -0.15) is 0 Å². The van der Waals surface area contributed by atoms with Crippen LogP contribution >= 0.6 is 11.3 Å². The van der Waals surface area contributed by atoms with E-state index in [9.17, 15) is 13.2 Å². The van der Waals surface area contributed by atoms with Gasteiger partial charge in [-0.1, -0.05) is 0 Å². The van der Waals surface area contributed by atoms with Crippen molar-refractivity contribution in [1.29, 1.82) is 0 Å². The third kappa shape index (κ3) is 4.16. The minimum atomic E-state index is -3.51. The van der Waals surface area contributed by atoms with E-state index in [0.717, 1.165) is 4.88 Å². The molecule has 7 heteroatoms. The van der Waals surface area contributed by atoms with Gasteiger partial charge in [-0.3, -0.25) is 4.79 Å². The van der Waals surface area contributed by atoms with Gasteiger partial charge in [0.15, 0.2) is 0 Å². The number of rotatable bonds is 5. The molecule has 118 valence electrons. The number of aryl methyl sites for hydroxylation is 1. The van der Waals surface area contributed by atoms with Gasteiger partial charge in [-0.15, -0.1) is 11.3 Å². The van der Waals surface area contributed by atoms with Gasteiger partial charge >= 0.3 is 0 Å². The summed E-state index contributed by atoms with van der Waals surface area (Å²) in [5, 5.41) is 2.75. The predicted molar refractivity (Wildman–Crippen MR) is 88.9 cm³/mol. The third-order valence-electron chi connectivity index (χ3n) is 2.78. The lowest BCUT2D eigenvalue weighted by Gasteiger charge is -2.10. The van der Waals surface area contributed by atoms with Gasteiger partial charge in [0.1, 0.15) is 0 Å². The van der Waals surface area contributed by atoms with Crippen molar-refractivity contribution in [3.63, 3.8) is 0 Å². The van der Waals surface area contributed by atoms with E-state index in [1.807, 2.05) is 13.0 Å². The van der Waals surface area contributed by atoms with Gasteiger partial charge in [-0.25, -0.2) is 13.1 Å². The van der Waals surface area contributed by atoms with Crippen LogP contribution in [-0.2, 0) is 10.0 Å². The highest BCUT2D eigenvalue weighted by Gasteiger charge is 2.15. The molecule has 1 heterocycles. The van der Waals surface area contributed by atoms with Crippen LogP contribution in [0.4, 0.5) is 5.69 Å². The van der Waals surface area contributed by atoms with E-state index < -0.39 is 10.0 Å². The molecular weight excluding hydrogens is 320 g/mol. The molecule has 0 saturated carbocycles. The molecular formula is C15H18N2O3S2. The second-order valence-electron chi connectivity index (χ2n) is 5.16. The maximum atomic E-state index is 12.0. The van der Waals surface area contributed by atoms with Crippen molar-refractivity contribution in [2.45, 2.75) is 31.7 Å². The fraction of sp³-hybridized carbons (Fsp3) is 0.267. The molecule has 2 rings (SSSR count). The Morgan fingerprint density at radius 2 is 1.73 bits per heavy atom. The lowest BCUT2D eigenvalue weighted by Crippen LogP contribution is -2.30. The summed E-state index contributed by atoms with van der Waals surface area (Å²) in [7, 11) is -3.51. The lowest BCUT2D eigenvalue weighted by atomic mass is 10.3. The summed E-state index contributed by atoms with van der Waals surface area (Å²) < 4.78 is 26.5. The quantitative estimate of drug-likeness (QED) is 0.880. The molecule has 0 spiro atoms. The molecule has 2 N–H and O–H groups in total. The summed E-state index contributed by atoms with van der Waals surface area (Å²) in [6, 6.07) is 9.57. The predicted octanol–water partition coefficient (Wildman–Crippen LogP) is 3.00. The van der Waals surface area contributed by atoms with Crippen molar-refractivity contribution in [2.24, 2.45) is 0 Å². The van der Waals surface area contributed by atoms with Crippen LogP contribution in [0.2, 0.25) is 0 Å². The SMILES string of the molecule is Cc1ccc(C(=O)Nc2ccc(S(=O)(=O)NC(C)C)cc2)s1. The number of hydrogen-bond acceptors (Lipinski definition) is 4. The first-order chi connectivity index (χ1) is 10.3. The molecule has 1 aromatic heterocycles. The summed E-state index contributed by atoms with van der Waals surface area (Å²) >= 11 is 1.41. The number of hydrogen-bond donors (Lipinski definition) is 2. The zero-order chi connectivity index (χ0) is 16.3. The minimum absolute atomic E-state index is 0.172. The zero-order valence-electron chi connectivity index (χ0n) is 12.6. The van der Waals surface area contributed by atoms with E-state index in [1.165, 1.54) is 23.5 Å². The second kappa shape index (κ2) is 6.60. The molecule has 0 aliphatic carbocycles. The Hall–Kier alpha value is -1.70. The molecule has 2 aromatic rings. The molecule has 0 aliphatic rings. The summed E-state index contributed by atoms with van der Waals surface area (Å²) in [5.74, 6) is -0.200. The zero-order valence-corrected chi connectivity index (χ0v) is 14.2. The average Bonchev–Trinajstić information content (AvgIpc) is 2.85. The summed E-state index contributed by atoms with van der Waals surface area (Å²) in [4.78, 5) is 13.9. The number of amides is 1.